The molecule has 0 saturated carbocycles. The SMILES string of the molecule is CCOc1c(Cl)cccc1NC(=O)c1ccc(F)cc1Br. The number of rotatable bonds is 4. The topological polar surface area (TPSA) is 38.3 Å². The Kier molecular flexibility index (Phi) is 5.20. The van der Waals surface area contributed by atoms with Gasteiger partial charge in [-0.3, -0.25) is 4.79 Å². The van der Waals surface area contributed by atoms with Crippen molar-refractivity contribution in [2.24, 2.45) is 0 Å². The van der Waals surface area contributed by atoms with Crippen LogP contribution in [-0.4, -0.2) is 12.5 Å². The molecule has 2 rings (SSSR count). The lowest BCUT2D eigenvalue weighted by atomic mass is 10.2. The standard InChI is InChI=1S/C15H12BrClFNO2/c1-2-21-14-12(17)4-3-5-13(14)19-15(20)10-7-6-9(18)8-11(10)16/h3-8H,2H2,1H3,(H,19,20). The Hall–Kier alpha value is -1.59. The maximum Gasteiger partial charge on any atom is 0.256 e. The highest BCUT2D eigenvalue weighted by molar-refractivity contribution is 9.10. The number of carbonyl (C=O) groups excluding carboxylic acids is 1. The van der Waals surface area contributed by atoms with E-state index in [2.05, 4.69) is 21.2 Å². The van der Waals surface area contributed by atoms with E-state index >= 15 is 0 Å². The number of hydrogen-bond acceptors (Lipinski definition) is 2. The fraction of sp³-hybridized carbons (Fsp3) is 0.133. The van der Waals surface area contributed by atoms with Gasteiger partial charge in [-0.2, -0.15) is 0 Å². The predicted octanol–water partition coefficient (Wildman–Crippen LogP) is 4.89. The zero-order valence-corrected chi connectivity index (χ0v) is 13.5. The van der Waals surface area contributed by atoms with Gasteiger partial charge in [0.15, 0.2) is 5.75 Å². The molecule has 3 nitrogen and oxygen atoms in total. The van der Waals surface area contributed by atoms with E-state index in [1.165, 1.54) is 18.2 Å². The Balaban J connectivity index is 2.29. The molecule has 0 aliphatic heterocycles. The van der Waals surface area contributed by atoms with Gasteiger partial charge in [0.2, 0.25) is 0 Å². The summed E-state index contributed by atoms with van der Waals surface area (Å²) in [7, 11) is 0. The number of amides is 1. The minimum atomic E-state index is -0.420. The highest BCUT2D eigenvalue weighted by Gasteiger charge is 2.15. The van der Waals surface area contributed by atoms with Crippen molar-refractivity contribution < 1.29 is 13.9 Å². The lowest BCUT2D eigenvalue weighted by Crippen LogP contribution is -2.14. The second-order valence-corrected chi connectivity index (χ2v) is 5.39. The van der Waals surface area contributed by atoms with Gasteiger partial charge in [-0.25, -0.2) is 4.39 Å². The maximum atomic E-state index is 13.1. The highest BCUT2D eigenvalue weighted by atomic mass is 79.9. The van der Waals surface area contributed by atoms with Crippen LogP contribution in [0.4, 0.5) is 10.1 Å². The Morgan fingerprint density at radius 2 is 2.14 bits per heavy atom. The largest absolute Gasteiger partial charge is 0.490 e. The van der Waals surface area contributed by atoms with Crippen LogP contribution in [0.2, 0.25) is 5.02 Å². The molecule has 0 saturated heterocycles. The van der Waals surface area contributed by atoms with Crippen LogP contribution in [0.1, 0.15) is 17.3 Å². The molecule has 0 aliphatic carbocycles. The van der Waals surface area contributed by atoms with Crippen LogP contribution >= 0.6 is 27.5 Å². The van der Waals surface area contributed by atoms with E-state index in [0.29, 0.717) is 33.1 Å². The second kappa shape index (κ2) is 6.91. The van der Waals surface area contributed by atoms with E-state index in [0.717, 1.165) is 0 Å². The van der Waals surface area contributed by atoms with Crippen molar-refractivity contribution in [3.63, 3.8) is 0 Å². The summed E-state index contributed by atoms with van der Waals surface area (Å²) in [4.78, 5) is 12.3. The van der Waals surface area contributed by atoms with Crippen LogP contribution in [0, 0.1) is 5.82 Å². The molecule has 0 fully saturated rings. The van der Waals surface area contributed by atoms with Crippen LogP contribution in [0.3, 0.4) is 0 Å². The van der Waals surface area contributed by atoms with Gasteiger partial charge in [-0.1, -0.05) is 17.7 Å². The summed E-state index contributed by atoms with van der Waals surface area (Å²) >= 11 is 9.22. The number of para-hydroxylation sites is 1. The number of benzene rings is 2. The van der Waals surface area contributed by atoms with Gasteiger partial charge < -0.3 is 10.1 Å². The van der Waals surface area contributed by atoms with Crippen molar-refractivity contribution in [1.82, 2.24) is 0 Å². The molecule has 1 amide bonds. The van der Waals surface area contributed by atoms with Crippen LogP contribution in [-0.2, 0) is 0 Å². The van der Waals surface area contributed by atoms with Crippen molar-refractivity contribution in [2.45, 2.75) is 6.92 Å². The molecule has 0 aliphatic rings. The molecule has 0 spiro atoms. The smallest absolute Gasteiger partial charge is 0.256 e. The summed E-state index contributed by atoms with van der Waals surface area (Å²) in [6.45, 7) is 2.25. The van der Waals surface area contributed by atoms with Crippen LogP contribution in [0.5, 0.6) is 5.75 Å². The minimum Gasteiger partial charge on any atom is -0.490 e. The lowest BCUT2D eigenvalue weighted by molar-refractivity contribution is 0.102. The zero-order valence-electron chi connectivity index (χ0n) is 11.1. The first kappa shape index (κ1) is 15.8. The Bertz CT molecular complexity index is 679. The minimum absolute atomic E-state index is 0.318. The Labute approximate surface area is 135 Å². The average molecular weight is 373 g/mol. The normalized spacial score (nSPS) is 10.3. The summed E-state index contributed by atoms with van der Waals surface area (Å²) in [5.74, 6) is -0.394. The van der Waals surface area contributed by atoms with Gasteiger partial charge in [-0.15, -0.1) is 0 Å². The number of nitrogens with one attached hydrogen (secondary N) is 1. The third-order valence-corrected chi connectivity index (χ3v) is 3.63. The van der Waals surface area contributed by atoms with Crippen molar-refractivity contribution in [1.29, 1.82) is 0 Å². The fourth-order valence-electron chi connectivity index (χ4n) is 1.76. The first-order valence-corrected chi connectivity index (χ1v) is 7.37. The van der Waals surface area contributed by atoms with Crippen LogP contribution in [0.15, 0.2) is 40.9 Å². The molecule has 2 aromatic rings. The summed E-state index contributed by atoms with van der Waals surface area (Å²) in [5.41, 5.74) is 0.782. The average Bonchev–Trinajstić information content (AvgIpc) is 2.42. The summed E-state index contributed by atoms with van der Waals surface area (Å²) in [6.07, 6.45) is 0. The highest BCUT2D eigenvalue weighted by Crippen LogP contribution is 2.33. The summed E-state index contributed by atoms with van der Waals surface area (Å²) in [5, 5.41) is 3.12. The van der Waals surface area contributed by atoms with Crippen molar-refractivity contribution >= 4 is 39.1 Å². The quantitative estimate of drug-likeness (QED) is 0.829. The van der Waals surface area contributed by atoms with Crippen molar-refractivity contribution in [3.8, 4) is 5.75 Å². The molecule has 0 heterocycles. The molecule has 0 atom stereocenters. The van der Waals surface area contributed by atoms with E-state index in [1.54, 1.807) is 18.2 Å². The van der Waals surface area contributed by atoms with Gasteiger partial charge in [0, 0.05) is 4.47 Å². The van der Waals surface area contributed by atoms with Crippen molar-refractivity contribution in [3.05, 3.63) is 57.3 Å². The van der Waals surface area contributed by atoms with E-state index < -0.39 is 5.82 Å². The third-order valence-electron chi connectivity index (χ3n) is 2.68. The van der Waals surface area contributed by atoms with Crippen LogP contribution < -0.4 is 10.1 Å². The van der Waals surface area contributed by atoms with E-state index in [1.807, 2.05) is 6.92 Å². The van der Waals surface area contributed by atoms with Crippen LogP contribution in [0.25, 0.3) is 0 Å². The molecule has 1 N–H and O–H groups in total. The van der Waals surface area contributed by atoms with E-state index in [4.69, 9.17) is 16.3 Å². The lowest BCUT2D eigenvalue weighted by Gasteiger charge is -2.13. The Morgan fingerprint density at radius 3 is 2.81 bits per heavy atom. The summed E-state index contributed by atoms with van der Waals surface area (Å²) < 4.78 is 18.9. The maximum absolute atomic E-state index is 13.1. The fourth-order valence-corrected chi connectivity index (χ4v) is 2.52. The molecule has 110 valence electrons. The molecule has 21 heavy (non-hydrogen) atoms. The molecular weight excluding hydrogens is 361 g/mol. The Morgan fingerprint density at radius 1 is 1.38 bits per heavy atom. The monoisotopic (exact) mass is 371 g/mol. The second-order valence-electron chi connectivity index (χ2n) is 4.13. The van der Waals surface area contributed by atoms with Gasteiger partial charge in [0.25, 0.3) is 5.91 Å². The number of ether oxygens (including phenoxy) is 1. The number of hydrogen-bond donors (Lipinski definition) is 1. The molecule has 0 bridgehead atoms. The van der Waals surface area contributed by atoms with Gasteiger partial charge in [-0.05, 0) is 53.2 Å². The number of halogens is 3. The first-order chi connectivity index (χ1) is 10.0. The van der Waals surface area contributed by atoms with Gasteiger partial charge in [0.05, 0.1) is 22.9 Å². The number of anilines is 1. The third kappa shape index (κ3) is 3.74. The van der Waals surface area contributed by atoms with E-state index in [-0.39, 0.29) is 5.91 Å². The van der Waals surface area contributed by atoms with Gasteiger partial charge >= 0.3 is 0 Å². The van der Waals surface area contributed by atoms with Crippen molar-refractivity contribution in [2.75, 3.05) is 11.9 Å². The molecule has 2 aromatic carbocycles. The molecule has 0 aromatic heterocycles. The number of carbonyl (C=O) groups is 1. The summed E-state index contributed by atoms with van der Waals surface area (Å²) in [6, 6.07) is 8.93. The molecule has 0 unspecified atom stereocenters. The zero-order chi connectivity index (χ0) is 15.4. The molecular formula is C15H12BrClFNO2. The molecule has 6 heteroatoms. The molecule has 0 radical (unpaired) electrons. The first-order valence-electron chi connectivity index (χ1n) is 6.20. The van der Waals surface area contributed by atoms with Gasteiger partial charge in [0.1, 0.15) is 5.82 Å². The van der Waals surface area contributed by atoms with E-state index in [9.17, 15) is 9.18 Å². The predicted molar refractivity (Wildman–Crippen MR) is 84.7 cm³/mol.